The number of morpholine rings is 1. The van der Waals surface area contributed by atoms with Gasteiger partial charge in [-0.05, 0) is 51.6 Å². The third-order valence-corrected chi connectivity index (χ3v) is 4.98. The van der Waals surface area contributed by atoms with Crippen LogP contribution in [0.1, 0.15) is 33.1 Å². The van der Waals surface area contributed by atoms with Crippen molar-refractivity contribution in [2.75, 3.05) is 26.2 Å². The zero-order chi connectivity index (χ0) is 12.8. The maximum absolute atomic E-state index is 12.6. The Morgan fingerprint density at radius 2 is 2.06 bits per heavy atom. The van der Waals surface area contributed by atoms with E-state index in [1.54, 1.807) is 0 Å². The van der Waals surface area contributed by atoms with Gasteiger partial charge in [-0.3, -0.25) is 4.79 Å². The second-order valence-electron chi connectivity index (χ2n) is 6.35. The van der Waals surface area contributed by atoms with E-state index >= 15 is 0 Å². The van der Waals surface area contributed by atoms with Gasteiger partial charge in [-0.1, -0.05) is 0 Å². The highest BCUT2D eigenvalue weighted by molar-refractivity contribution is 5.83. The molecule has 0 aromatic heterocycles. The number of hydrogen-bond acceptors (Lipinski definition) is 3. The molecule has 2 heterocycles. The number of piperidine rings is 1. The Bertz CT molecular complexity index is 339. The minimum absolute atomic E-state index is 0.188. The summed E-state index contributed by atoms with van der Waals surface area (Å²) in [6.45, 7) is 7.78. The van der Waals surface area contributed by atoms with E-state index in [9.17, 15) is 4.79 Å². The summed E-state index contributed by atoms with van der Waals surface area (Å²) in [5.41, 5.74) is 0.351. The molecule has 1 N–H and O–H groups in total. The van der Waals surface area contributed by atoms with E-state index in [4.69, 9.17) is 4.74 Å². The minimum Gasteiger partial charge on any atom is -0.375 e. The molecule has 0 unspecified atom stereocenters. The molecule has 2 saturated heterocycles. The summed E-state index contributed by atoms with van der Waals surface area (Å²) in [5.74, 6) is 0.687. The fourth-order valence-electron chi connectivity index (χ4n) is 3.58. The summed E-state index contributed by atoms with van der Waals surface area (Å²) in [5, 5.41) is 3.39. The molecule has 2 aliphatic heterocycles. The maximum atomic E-state index is 12.6. The molecular formula is C14H24N2O2. The average Bonchev–Trinajstić information content (AvgIpc) is 3.06. The highest BCUT2D eigenvalue weighted by Crippen LogP contribution is 2.59. The Morgan fingerprint density at radius 1 is 1.33 bits per heavy atom. The molecule has 3 fully saturated rings. The summed E-state index contributed by atoms with van der Waals surface area (Å²) in [7, 11) is 0. The highest BCUT2D eigenvalue weighted by atomic mass is 16.5. The number of rotatable bonds is 1. The Hall–Kier alpha value is -0.610. The summed E-state index contributed by atoms with van der Waals surface area (Å²) >= 11 is 0. The molecule has 3 aliphatic rings. The first-order valence-corrected chi connectivity index (χ1v) is 7.25. The van der Waals surface area contributed by atoms with Gasteiger partial charge in [0, 0.05) is 12.5 Å². The zero-order valence-electron chi connectivity index (χ0n) is 11.4. The lowest BCUT2D eigenvalue weighted by atomic mass is 9.91. The van der Waals surface area contributed by atoms with Crippen molar-refractivity contribution in [1.29, 1.82) is 0 Å². The van der Waals surface area contributed by atoms with Gasteiger partial charge in [0.25, 0.3) is 0 Å². The lowest BCUT2D eigenvalue weighted by Crippen LogP contribution is -2.51. The van der Waals surface area contributed by atoms with Crippen LogP contribution in [0.25, 0.3) is 0 Å². The van der Waals surface area contributed by atoms with Gasteiger partial charge in [-0.2, -0.15) is 0 Å². The third-order valence-electron chi connectivity index (χ3n) is 4.98. The van der Waals surface area contributed by atoms with Crippen molar-refractivity contribution in [3.8, 4) is 0 Å². The third kappa shape index (κ3) is 2.05. The van der Waals surface area contributed by atoms with Crippen LogP contribution in [0.2, 0.25) is 0 Å². The van der Waals surface area contributed by atoms with Gasteiger partial charge in [-0.25, -0.2) is 0 Å². The smallest absolute Gasteiger partial charge is 0.226 e. The summed E-state index contributed by atoms with van der Waals surface area (Å²) in [6, 6.07) is 0.244. The largest absolute Gasteiger partial charge is 0.375 e. The van der Waals surface area contributed by atoms with E-state index < -0.39 is 0 Å². The number of hydrogen-bond donors (Lipinski definition) is 1. The van der Waals surface area contributed by atoms with Gasteiger partial charge >= 0.3 is 0 Å². The molecule has 3 rings (SSSR count). The second-order valence-corrected chi connectivity index (χ2v) is 6.35. The Labute approximate surface area is 109 Å². The molecule has 4 nitrogen and oxygen atoms in total. The van der Waals surface area contributed by atoms with Crippen LogP contribution in [-0.4, -0.2) is 49.2 Å². The fraction of sp³-hybridized carbons (Fsp3) is 0.929. The summed E-state index contributed by atoms with van der Waals surface area (Å²) in [6.07, 6.45) is 3.66. The van der Waals surface area contributed by atoms with Crippen LogP contribution < -0.4 is 5.32 Å². The first kappa shape index (κ1) is 12.4. The molecule has 3 atom stereocenters. The van der Waals surface area contributed by atoms with Crippen molar-refractivity contribution < 1.29 is 9.53 Å². The molecule has 102 valence electrons. The quantitative estimate of drug-likeness (QED) is 0.757. The van der Waals surface area contributed by atoms with Crippen molar-refractivity contribution >= 4 is 5.91 Å². The topological polar surface area (TPSA) is 41.6 Å². The van der Waals surface area contributed by atoms with Crippen molar-refractivity contribution in [2.45, 2.75) is 45.3 Å². The number of ether oxygens (including phenoxy) is 1. The van der Waals surface area contributed by atoms with E-state index in [1.807, 2.05) is 0 Å². The molecule has 1 amide bonds. The van der Waals surface area contributed by atoms with Crippen molar-refractivity contribution in [3.63, 3.8) is 0 Å². The van der Waals surface area contributed by atoms with Gasteiger partial charge in [0.05, 0.1) is 18.8 Å². The number of carbonyl (C=O) groups is 1. The number of nitrogens with zero attached hydrogens (tertiary/aromatic N) is 1. The predicted molar refractivity (Wildman–Crippen MR) is 69.2 cm³/mol. The van der Waals surface area contributed by atoms with Crippen LogP contribution in [0.5, 0.6) is 0 Å². The van der Waals surface area contributed by atoms with Crippen molar-refractivity contribution in [1.82, 2.24) is 10.2 Å². The lowest BCUT2D eigenvalue weighted by Gasteiger charge is -2.37. The lowest BCUT2D eigenvalue weighted by molar-refractivity contribution is -0.145. The monoisotopic (exact) mass is 252 g/mol. The van der Waals surface area contributed by atoms with Crippen LogP contribution >= 0.6 is 0 Å². The molecule has 4 heteroatoms. The summed E-state index contributed by atoms with van der Waals surface area (Å²) < 4.78 is 5.60. The van der Waals surface area contributed by atoms with Crippen LogP contribution in [-0.2, 0) is 9.53 Å². The molecule has 1 aliphatic carbocycles. The van der Waals surface area contributed by atoms with Gasteiger partial charge in [0.1, 0.15) is 0 Å². The van der Waals surface area contributed by atoms with E-state index in [1.165, 1.54) is 12.8 Å². The fourth-order valence-corrected chi connectivity index (χ4v) is 3.58. The average molecular weight is 252 g/mol. The molecule has 0 bridgehead atoms. The number of amides is 1. The standard InChI is InChI=1S/C14H24N2O2/c1-10-9-18-11(2)8-16(10)13(17)12-7-14(12)3-5-15-6-4-14/h10-12,15H,3-9H2,1-2H3/t10-,11+,12+/m0/s1. The molecule has 18 heavy (non-hydrogen) atoms. The van der Waals surface area contributed by atoms with Crippen LogP contribution in [0.15, 0.2) is 0 Å². The van der Waals surface area contributed by atoms with Crippen molar-refractivity contribution in [2.24, 2.45) is 11.3 Å². The summed E-state index contributed by atoms with van der Waals surface area (Å²) in [4.78, 5) is 14.7. The van der Waals surface area contributed by atoms with Crippen molar-refractivity contribution in [3.05, 3.63) is 0 Å². The molecule has 0 aromatic rings. The Morgan fingerprint density at radius 3 is 2.78 bits per heavy atom. The second kappa shape index (κ2) is 4.49. The van der Waals surface area contributed by atoms with Gasteiger partial charge in [0.2, 0.25) is 5.91 Å². The van der Waals surface area contributed by atoms with Crippen LogP contribution in [0, 0.1) is 11.3 Å². The normalized spacial score (nSPS) is 38.8. The Kier molecular flexibility index (Phi) is 3.10. The Balaban J connectivity index is 1.64. The first-order chi connectivity index (χ1) is 8.62. The predicted octanol–water partition coefficient (Wildman–Crippen LogP) is 1.01. The molecule has 1 saturated carbocycles. The highest BCUT2D eigenvalue weighted by Gasteiger charge is 2.59. The van der Waals surface area contributed by atoms with Gasteiger partial charge in [-0.15, -0.1) is 0 Å². The number of carbonyl (C=O) groups excluding carboxylic acids is 1. The van der Waals surface area contributed by atoms with E-state index in [0.717, 1.165) is 26.1 Å². The van der Waals surface area contributed by atoms with E-state index in [0.29, 0.717) is 23.8 Å². The maximum Gasteiger partial charge on any atom is 0.226 e. The molecule has 1 spiro atoms. The van der Waals surface area contributed by atoms with E-state index in [-0.39, 0.29) is 12.1 Å². The molecule has 0 radical (unpaired) electrons. The first-order valence-electron chi connectivity index (χ1n) is 7.25. The number of nitrogens with one attached hydrogen (secondary N) is 1. The van der Waals surface area contributed by atoms with Crippen LogP contribution in [0.4, 0.5) is 0 Å². The minimum atomic E-state index is 0.188. The zero-order valence-corrected chi connectivity index (χ0v) is 11.4. The van der Waals surface area contributed by atoms with E-state index in [2.05, 4.69) is 24.1 Å². The van der Waals surface area contributed by atoms with Crippen LogP contribution in [0.3, 0.4) is 0 Å². The molecular weight excluding hydrogens is 228 g/mol. The molecule has 0 aromatic carbocycles. The SMILES string of the molecule is C[C@@H]1CN(C(=O)[C@H]2CC23CCNCC3)[C@@H](C)CO1. The van der Waals surface area contributed by atoms with Gasteiger partial charge < -0.3 is 15.0 Å². The van der Waals surface area contributed by atoms with Gasteiger partial charge in [0.15, 0.2) is 0 Å².